The molecule has 0 atom stereocenters. The molecule has 6 nitrogen and oxygen atoms in total. The lowest BCUT2D eigenvalue weighted by molar-refractivity contribution is 0.174. The third-order valence-corrected chi connectivity index (χ3v) is 4.61. The standard InChI is InChI=1S/C21H20N4O2/c1-2-4-15(5-3-1)17-11-20(23-16-7-8-16)25-21(24-17)22-12-14-6-9-18-19(10-14)27-13-26-18/h1-6,9-11,16H,7-8,12-13H2,(H2,22,23,24,25). The van der Waals surface area contributed by atoms with Gasteiger partial charge in [-0.3, -0.25) is 0 Å². The molecule has 3 aromatic rings. The zero-order chi connectivity index (χ0) is 18.1. The number of nitrogens with zero attached hydrogens (tertiary/aromatic N) is 2. The summed E-state index contributed by atoms with van der Waals surface area (Å²) in [7, 11) is 0. The van der Waals surface area contributed by atoms with Crippen LogP contribution >= 0.6 is 0 Å². The van der Waals surface area contributed by atoms with E-state index in [1.54, 1.807) is 0 Å². The zero-order valence-electron chi connectivity index (χ0n) is 14.8. The van der Waals surface area contributed by atoms with Crippen molar-refractivity contribution in [2.45, 2.75) is 25.4 Å². The molecule has 0 saturated heterocycles. The molecule has 1 aliphatic carbocycles. The van der Waals surface area contributed by atoms with Crippen LogP contribution in [0.1, 0.15) is 18.4 Å². The van der Waals surface area contributed by atoms with Gasteiger partial charge in [-0.15, -0.1) is 0 Å². The third kappa shape index (κ3) is 3.65. The maximum atomic E-state index is 5.45. The second-order valence-electron chi connectivity index (χ2n) is 6.79. The van der Waals surface area contributed by atoms with Gasteiger partial charge in [0.2, 0.25) is 12.7 Å². The summed E-state index contributed by atoms with van der Waals surface area (Å²) >= 11 is 0. The van der Waals surface area contributed by atoms with Crippen molar-refractivity contribution in [2.24, 2.45) is 0 Å². The van der Waals surface area contributed by atoms with Gasteiger partial charge in [0.15, 0.2) is 11.5 Å². The molecule has 1 fully saturated rings. The molecule has 2 N–H and O–H groups in total. The molecule has 5 rings (SSSR count). The third-order valence-electron chi connectivity index (χ3n) is 4.61. The van der Waals surface area contributed by atoms with Gasteiger partial charge in [0, 0.05) is 24.2 Å². The van der Waals surface area contributed by atoms with Crippen LogP contribution in [0.2, 0.25) is 0 Å². The lowest BCUT2D eigenvalue weighted by atomic mass is 10.1. The molecule has 0 unspecified atom stereocenters. The zero-order valence-corrected chi connectivity index (χ0v) is 14.8. The van der Waals surface area contributed by atoms with Crippen LogP contribution in [0.3, 0.4) is 0 Å². The van der Waals surface area contributed by atoms with E-state index < -0.39 is 0 Å². The number of nitrogens with one attached hydrogen (secondary N) is 2. The van der Waals surface area contributed by atoms with Crippen molar-refractivity contribution in [3.05, 3.63) is 60.2 Å². The number of hydrogen-bond acceptors (Lipinski definition) is 6. The highest BCUT2D eigenvalue weighted by Crippen LogP contribution is 2.33. The first kappa shape index (κ1) is 15.9. The van der Waals surface area contributed by atoms with E-state index in [2.05, 4.69) is 27.8 Å². The van der Waals surface area contributed by atoms with Crippen molar-refractivity contribution < 1.29 is 9.47 Å². The van der Waals surface area contributed by atoms with Crippen LogP contribution in [0.4, 0.5) is 11.8 Å². The Labute approximate surface area is 157 Å². The smallest absolute Gasteiger partial charge is 0.231 e. The van der Waals surface area contributed by atoms with E-state index in [0.717, 1.165) is 34.1 Å². The molecular weight excluding hydrogens is 340 g/mol. The SMILES string of the molecule is c1ccc(-c2cc(NC3CC3)nc(NCc3ccc4c(c3)OCO4)n2)cc1. The summed E-state index contributed by atoms with van der Waals surface area (Å²) in [5, 5.41) is 6.81. The molecule has 1 aliphatic heterocycles. The van der Waals surface area contributed by atoms with Crippen molar-refractivity contribution in [2.75, 3.05) is 17.4 Å². The summed E-state index contributed by atoms with van der Waals surface area (Å²) in [6.45, 7) is 0.891. The summed E-state index contributed by atoms with van der Waals surface area (Å²) in [5.74, 6) is 3.04. The molecule has 0 amide bonds. The lowest BCUT2D eigenvalue weighted by Gasteiger charge is -2.11. The molecule has 0 radical (unpaired) electrons. The van der Waals surface area contributed by atoms with E-state index in [4.69, 9.17) is 14.5 Å². The fraction of sp³-hybridized carbons (Fsp3) is 0.238. The Hall–Kier alpha value is -3.28. The van der Waals surface area contributed by atoms with Gasteiger partial charge in [0.25, 0.3) is 0 Å². The monoisotopic (exact) mass is 360 g/mol. The van der Waals surface area contributed by atoms with Crippen molar-refractivity contribution in [3.8, 4) is 22.8 Å². The average Bonchev–Trinajstić information content (AvgIpc) is 3.40. The van der Waals surface area contributed by atoms with Gasteiger partial charge in [-0.25, -0.2) is 4.98 Å². The Morgan fingerprint density at radius 2 is 1.78 bits per heavy atom. The minimum Gasteiger partial charge on any atom is -0.454 e. The number of ether oxygens (including phenoxy) is 2. The highest BCUT2D eigenvalue weighted by molar-refractivity contribution is 5.64. The van der Waals surface area contributed by atoms with E-state index in [-0.39, 0.29) is 6.79 Å². The second kappa shape index (κ2) is 6.79. The predicted octanol–water partition coefficient (Wildman–Crippen LogP) is 4.06. The van der Waals surface area contributed by atoms with Gasteiger partial charge in [-0.1, -0.05) is 36.4 Å². The first-order valence-corrected chi connectivity index (χ1v) is 9.17. The minimum absolute atomic E-state index is 0.282. The van der Waals surface area contributed by atoms with Gasteiger partial charge >= 0.3 is 0 Å². The quantitative estimate of drug-likeness (QED) is 0.691. The summed E-state index contributed by atoms with van der Waals surface area (Å²) in [6.07, 6.45) is 2.40. The molecule has 0 bridgehead atoms. The molecule has 2 aliphatic rings. The highest BCUT2D eigenvalue weighted by atomic mass is 16.7. The number of aromatic nitrogens is 2. The Morgan fingerprint density at radius 1 is 0.926 bits per heavy atom. The Morgan fingerprint density at radius 3 is 2.63 bits per heavy atom. The van der Waals surface area contributed by atoms with Crippen molar-refractivity contribution in [3.63, 3.8) is 0 Å². The normalized spacial score (nSPS) is 14.8. The minimum atomic E-state index is 0.282. The van der Waals surface area contributed by atoms with Crippen LogP contribution in [0.15, 0.2) is 54.6 Å². The largest absolute Gasteiger partial charge is 0.454 e. The molecule has 1 saturated carbocycles. The fourth-order valence-electron chi connectivity index (χ4n) is 3.03. The van der Waals surface area contributed by atoms with Gasteiger partial charge in [0.1, 0.15) is 5.82 Å². The lowest BCUT2D eigenvalue weighted by Crippen LogP contribution is -2.09. The maximum Gasteiger partial charge on any atom is 0.231 e. The number of anilines is 2. The van der Waals surface area contributed by atoms with E-state index in [1.807, 2.05) is 42.5 Å². The number of fused-ring (bicyclic) bond motifs is 1. The molecule has 27 heavy (non-hydrogen) atoms. The summed E-state index contributed by atoms with van der Waals surface area (Å²) < 4.78 is 10.8. The predicted molar refractivity (Wildman–Crippen MR) is 104 cm³/mol. The topological polar surface area (TPSA) is 68.3 Å². The van der Waals surface area contributed by atoms with E-state index in [0.29, 0.717) is 18.5 Å². The first-order chi connectivity index (χ1) is 13.3. The van der Waals surface area contributed by atoms with Crippen LogP contribution in [0.25, 0.3) is 11.3 Å². The highest BCUT2D eigenvalue weighted by Gasteiger charge is 2.22. The molecule has 1 aromatic heterocycles. The van der Waals surface area contributed by atoms with Crippen molar-refractivity contribution >= 4 is 11.8 Å². The van der Waals surface area contributed by atoms with Crippen LogP contribution in [0.5, 0.6) is 11.5 Å². The number of benzene rings is 2. The van der Waals surface area contributed by atoms with Gasteiger partial charge in [-0.05, 0) is 30.5 Å². The van der Waals surface area contributed by atoms with Crippen LogP contribution in [0, 0.1) is 0 Å². The molecule has 2 aromatic carbocycles. The van der Waals surface area contributed by atoms with E-state index in [1.165, 1.54) is 12.8 Å². The number of hydrogen-bond donors (Lipinski definition) is 2. The van der Waals surface area contributed by atoms with E-state index >= 15 is 0 Å². The average molecular weight is 360 g/mol. The molecule has 136 valence electrons. The number of rotatable bonds is 6. The maximum absolute atomic E-state index is 5.45. The molecular formula is C21H20N4O2. The summed E-state index contributed by atoms with van der Waals surface area (Å²) in [4.78, 5) is 9.34. The van der Waals surface area contributed by atoms with Crippen LogP contribution in [-0.4, -0.2) is 22.8 Å². The summed E-state index contributed by atoms with van der Waals surface area (Å²) in [6, 6.07) is 18.6. The fourth-order valence-corrected chi connectivity index (χ4v) is 3.03. The van der Waals surface area contributed by atoms with Crippen LogP contribution < -0.4 is 20.1 Å². The second-order valence-corrected chi connectivity index (χ2v) is 6.79. The van der Waals surface area contributed by atoms with Crippen LogP contribution in [-0.2, 0) is 6.54 Å². The van der Waals surface area contributed by atoms with Gasteiger partial charge < -0.3 is 20.1 Å². The van der Waals surface area contributed by atoms with E-state index in [9.17, 15) is 0 Å². The van der Waals surface area contributed by atoms with Crippen molar-refractivity contribution in [1.29, 1.82) is 0 Å². The van der Waals surface area contributed by atoms with Crippen molar-refractivity contribution in [1.82, 2.24) is 9.97 Å². The van der Waals surface area contributed by atoms with Gasteiger partial charge in [-0.2, -0.15) is 4.98 Å². The molecule has 0 spiro atoms. The Kier molecular flexibility index (Phi) is 4.01. The first-order valence-electron chi connectivity index (χ1n) is 9.17. The Bertz CT molecular complexity index is 958. The van der Waals surface area contributed by atoms with Gasteiger partial charge in [0.05, 0.1) is 5.69 Å². The summed E-state index contributed by atoms with van der Waals surface area (Å²) in [5.41, 5.74) is 3.07. The Balaban J connectivity index is 1.39. The molecule has 2 heterocycles. The molecule has 6 heteroatoms.